The summed E-state index contributed by atoms with van der Waals surface area (Å²) in [7, 11) is 0. The molecule has 3 aliphatic heterocycles. The number of hydrogen-bond donors (Lipinski definition) is 3. The number of hydrogen-bond acceptors (Lipinski definition) is 8. The highest BCUT2D eigenvalue weighted by molar-refractivity contribution is 5.70. The minimum atomic E-state index is -1.34. The first-order valence-corrected chi connectivity index (χ1v) is 20.9. The summed E-state index contributed by atoms with van der Waals surface area (Å²) in [6.45, 7) is 21.1. The van der Waals surface area contributed by atoms with Crippen molar-refractivity contribution in [3.05, 3.63) is 48.6 Å². The molecule has 3 heterocycles. The standard InChI is InChI=1S/C44H73N2O8/c1-9-26-46(35-17-13-11-12-14-18-35)27-24-45(25-28-46)42(49)53-38-20-19-33(5)40(54-39(48)29-31(3)21-23-44(38,8)51)32(4)16-15-22-43(7,50)30-37-41(52-37)34(6)36(47)10-2/h9,15-16,19-20,22,31,33-38,40-41,47,50-51H,1,10-14,17-18,21,23-30H2,2-8H3/q+1/b20-19+,22-15+,32-16+/t31-,33+,34-,36+,37-,38+,40-,41-,43+,44-/m1/s1. The van der Waals surface area contributed by atoms with Gasteiger partial charge in [0.1, 0.15) is 11.7 Å². The van der Waals surface area contributed by atoms with Crippen molar-refractivity contribution in [2.75, 3.05) is 32.7 Å². The van der Waals surface area contributed by atoms with E-state index in [1.165, 1.54) is 38.5 Å². The van der Waals surface area contributed by atoms with Crippen LogP contribution in [0.3, 0.4) is 0 Å². The molecule has 10 nitrogen and oxygen atoms in total. The summed E-state index contributed by atoms with van der Waals surface area (Å²) in [5.41, 5.74) is -1.68. The molecule has 0 radical (unpaired) electrons. The summed E-state index contributed by atoms with van der Waals surface area (Å²) in [4.78, 5) is 28.7. The number of allylic oxidation sites excluding steroid dienone is 2. The second-order valence-corrected chi connectivity index (χ2v) is 17.7. The van der Waals surface area contributed by atoms with Crippen LogP contribution in [0.15, 0.2) is 48.6 Å². The van der Waals surface area contributed by atoms with Crippen LogP contribution in [0, 0.1) is 17.8 Å². The molecule has 0 bridgehead atoms. The number of carbonyl (C=O) groups is 2. The quantitative estimate of drug-likeness (QED) is 0.0484. The summed E-state index contributed by atoms with van der Waals surface area (Å²) in [5, 5.41) is 33.1. The predicted molar refractivity (Wildman–Crippen MR) is 212 cm³/mol. The monoisotopic (exact) mass is 758 g/mol. The number of nitrogens with zero attached hydrogens (tertiary/aromatic N) is 2. The fourth-order valence-electron chi connectivity index (χ4n) is 8.96. The van der Waals surface area contributed by atoms with E-state index in [0.717, 1.165) is 29.7 Å². The Labute approximate surface area is 325 Å². The van der Waals surface area contributed by atoms with Crippen LogP contribution in [-0.4, -0.2) is 117 Å². The molecule has 1 saturated carbocycles. The fourth-order valence-corrected chi connectivity index (χ4v) is 8.96. The SMILES string of the molecule is C=CC[N+]1(C2CCCCCC2)CCN(C(=O)O[C@H]2/C=C/[C@H](C)[C@@H](/C(C)=C/C=C/[C@](C)(O)C[C@H]3O[C@@H]3[C@H](C)[C@@H](O)CC)OC(=O)C[C@H](C)CC[C@@]2(C)O)CC1. The van der Waals surface area contributed by atoms with Crippen LogP contribution in [0.1, 0.15) is 119 Å². The van der Waals surface area contributed by atoms with Crippen molar-refractivity contribution in [1.82, 2.24) is 4.90 Å². The molecule has 2 saturated heterocycles. The van der Waals surface area contributed by atoms with Gasteiger partial charge in [0.15, 0.2) is 6.10 Å². The normalized spacial score (nSPS) is 34.7. The highest BCUT2D eigenvalue weighted by Crippen LogP contribution is 2.38. The predicted octanol–water partition coefficient (Wildman–Crippen LogP) is 7.03. The summed E-state index contributed by atoms with van der Waals surface area (Å²) in [6, 6.07) is 0.602. The first-order chi connectivity index (χ1) is 25.5. The fraction of sp³-hybridized carbons (Fsp3) is 0.773. The van der Waals surface area contributed by atoms with E-state index in [1.54, 1.807) is 37.0 Å². The Balaban J connectivity index is 1.45. The summed E-state index contributed by atoms with van der Waals surface area (Å²) in [5.74, 6) is -0.649. The average molecular weight is 758 g/mol. The number of aliphatic hydroxyl groups excluding tert-OH is 1. The van der Waals surface area contributed by atoms with Crippen molar-refractivity contribution >= 4 is 12.1 Å². The topological polar surface area (TPSA) is 129 Å². The number of cyclic esters (lactones) is 1. The van der Waals surface area contributed by atoms with Gasteiger partial charge in [0, 0.05) is 24.7 Å². The van der Waals surface area contributed by atoms with Crippen molar-refractivity contribution in [1.29, 1.82) is 0 Å². The molecule has 3 N–H and O–H groups in total. The van der Waals surface area contributed by atoms with E-state index >= 15 is 0 Å². The highest BCUT2D eigenvalue weighted by Gasteiger charge is 2.47. The molecule has 10 heteroatoms. The lowest BCUT2D eigenvalue weighted by molar-refractivity contribution is -0.950. The number of epoxide rings is 1. The smallest absolute Gasteiger partial charge is 0.410 e. The zero-order valence-corrected chi connectivity index (χ0v) is 34.5. The number of rotatable bonds is 12. The maximum atomic E-state index is 13.8. The Kier molecular flexibility index (Phi) is 16.0. The van der Waals surface area contributed by atoms with E-state index < -0.39 is 35.6 Å². The Morgan fingerprint density at radius 2 is 1.83 bits per heavy atom. The number of esters is 1. The van der Waals surface area contributed by atoms with Gasteiger partial charge in [-0.1, -0.05) is 71.4 Å². The first-order valence-electron chi connectivity index (χ1n) is 20.9. The van der Waals surface area contributed by atoms with Gasteiger partial charge in [-0.05, 0) is 89.4 Å². The van der Waals surface area contributed by atoms with Crippen LogP contribution in [0.4, 0.5) is 4.79 Å². The number of piperazine rings is 1. The minimum Gasteiger partial charge on any atom is -0.457 e. The average Bonchev–Trinajstić information content (AvgIpc) is 3.93. The molecule has 10 atom stereocenters. The maximum Gasteiger partial charge on any atom is 0.410 e. The molecule has 1 amide bonds. The van der Waals surface area contributed by atoms with E-state index in [-0.39, 0.29) is 42.4 Å². The van der Waals surface area contributed by atoms with Crippen molar-refractivity contribution in [2.24, 2.45) is 17.8 Å². The van der Waals surface area contributed by atoms with E-state index in [0.29, 0.717) is 44.8 Å². The van der Waals surface area contributed by atoms with Gasteiger partial charge in [0.05, 0.1) is 62.7 Å². The third-order valence-electron chi connectivity index (χ3n) is 12.8. The second-order valence-electron chi connectivity index (χ2n) is 17.7. The summed E-state index contributed by atoms with van der Waals surface area (Å²) >= 11 is 0. The molecular formula is C44H73N2O8+. The zero-order valence-electron chi connectivity index (χ0n) is 34.5. The van der Waals surface area contributed by atoms with Gasteiger partial charge in [-0.2, -0.15) is 0 Å². The molecule has 54 heavy (non-hydrogen) atoms. The first kappa shape index (κ1) is 44.2. The van der Waals surface area contributed by atoms with Gasteiger partial charge >= 0.3 is 12.1 Å². The summed E-state index contributed by atoms with van der Waals surface area (Å²) < 4.78 is 19.0. The third kappa shape index (κ3) is 12.2. The van der Waals surface area contributed by atoms with Crippen molar-refractivity contribution in [2.45, 2.75) is 167 Å². The molecule has 0 aromatic carbocycles. The summed E-state index contributed by atoms with van der Waals surface area (Å²) in [6.07, 6.45) is 18.3. The van der Waals surface area contributed by atoms with Crippen LogP contribution in [0.5, 0.6) is 0 Å². The van der Waals surface area contributed by atoms with E-state index in [2.05, 4.69) is 6.58 Å². The van der Waals surface area contributed by atoms with Crippen molar-refractivity contribution < 1.29 is 43.6 Å². The lowest BCUT2D eigenvalue weighted by atomic mass is 9.87. The molecule has 0 aromatic rings. The van der Waals surface area contributed by atoms with Crippen LogP contribution in [-0.2, 0) is 19.0 Å². The van der Waals surface area contributed by atoms with Gasteiger partial charge in [-0.15, -0.1) is 0 Å². The van der Waals surface area contributed by atoms with Crippen molar-refractivity contribution in [3.8, 4) is 0 Å². The maximum absolute atomic E-state index is 13.8. The van der Waals surface area contributed by atoms with Crippen LogP contribution in [0.25, 0.3) is 0 Å². The molecule has 1 aliphatic carbocycles. The Morgan fingerprint density at radius 3 is 2.46 bits per heavy atom. The van der Waals surface area contributed by atoms with Crippen molar-refractivity contribution in [3.63, 3.8) is 0 Å². The molecule has 306 valence electrons. The van der Waals surface area contributed by atoms with Gasteiger partial charge in [0.25, 0.3) is 0 Å². The largest absolute Gasteiger partial charge is 0.457 e. The van der Waals surface area contributed by atoms with Gasteiger partial charge < -0.3 is 34.0 Å². The molecule has 4 rings (SSSR count). The Bertz CT molecular complexity index is 1320. The highest BCUT2D eigenvalue weighted by atomic mass is 16.6. The minimum absolute atomic E-state index is 0.00389. The number of quaternary nitrogens is 1. The number of aliphatic hydroxyl groups is 3. The number of ether oxygens (including phenoxy) is 3. The molecule has 0 aromatic heterocycles. The molecular weight excluding hydrogens is 684 g/mol. The lowest BCUT2D eigenvalue weighted by Gasteiger charge is -2.49. The van der Waals surface area contributed by atoms with Crippen LogP contribution < -0.4 is 0 Å². The van der Waals surface area contributed by atoms with E-state index in [4.69, 9.17) is 14.2 Å². The van der Waals surface area contributed by atoms with E-state index in [9.17, 15) is 24.9 Å². The Morgan fingerprint density at radius 1 is 1.17 bits per heavy atom. The van der Waals surface area contributed by atoms with Gasteiger partial charge in [0.2, 0.25) is 0 Å². The molecule has 0 spiro atoms. The molecule has 0 unspecified atom stereocenters. The molecule has 4 aliphatic rings. The number of carbonyl (C=O) groups excluding carboxylic acids is 2. The zero-order chi connectivity index (χ0) is 39.7. The lowest BCUT2D eigenvalue weighted by Crippen LogP contribution is -2.65. The Hall–Kier alpha value is -2.50. The van der Waals surface area contributed by atoms with Gasteiger partial charge in [-0.25, -0.2) is 4.79 Å². The number of amides is 1. The van der Waals surface area contributed by atoms with Crippen LogP contribution >= 0.6 is 0 Å². The molecule has 3 fully saturated rings. The third-order valence-corrected chi connectivity index (χ3v) is 12.8. The second kappa shape index (κ2) is 19.6. The van der Waals surface area contributed by atoms with E-state index in [1.807, 2.05) is 52.8 Å². The van der Waals surface area contributed by atoms with Crippen LogP contribution in [0.2, 0.25) is 0 Å². The van der Waals surface area contributed by atoms with Gasteiger partial charge in [-0.3, -0.25) is 9.69 Å².